The number of halogens is 1. The molecule has 2 aromatic rings. The molecular formula is C19H19FN2O2S2. The summed E-state index contributed by atoms with van der Waals surface area (Å²) in [6.45, 7) is 1.46. The smallest absolute Gasteiger partial charge is 0.230 e. The minimum absolute atomic E-state index is 0.0759. The summed E-state index contributed by atoms with van der Waals surface area (Å²) >= 11 is 2.93. The van der Waals surface area contributed by atoms with Gasteiger partial charge in [0, 0.05) is 28.2 Å². The fourth-order valence-corrected chi connectivity index (χ4v) is 4.61. The Kier molecular flexibility index (Phi) is 6.21. The van der Waals surface area contributed by atoms with Crippen molar-refractivity contribution in [2.75, 3.05) is 16.8 Å². The molecule has 0 radical (unpaired) electrons. The minimum Gasteiger partial charge on any atom is -0.348 e. The maximum absolute atomic E-state index is 13.9. The third-order valence-electron chi connectivity index (χ3n) is 3.91. The van der Waals surface area contributed by atoms with Crippen LogP contribution in [0.5, 0.6) is 0 Å². The summed E-state index contributed by atoms with van der Waals surface area (Å²) in [5.74, 6) is 0.657. The van der Waals surface area contributed by atoms with E-state index in [4.69, 9.17) is 0 Å². The van der Waals surface area contributed by atoms with Crippen molar-refractivity contribution in [2.45, 2.75) is 29.2 Å². The molecule has 1 heterocycles. The Morgan fingerprint density at radius 2 is 2.00 bits per heavy atom. The van der Waals surface area contributed by atoms with Gasteiger partial charge in [-0.3, -0.25) is 9.59 Å². The Labute approximate surface area is 160 Å². The van der Waals surface area contributed by atoms with Crippen LogP contribution in [0.1, 0.15) is 24.9 Å². The Morgan fingerprint density at radius 3 is 2.73 bits per heavy atom. The van der Waals surface area contributed by atoms with Crippen LogP contribution < -0.4 is 10.6 Å². The predicted molar refractivity (Wildman–Crippen MR) is 104 cm³/mol. The van der Waals surface area contributed by atoms with Gasteiger partial charge >= 0.3 is 0 Å². The molecule has 1 aliphatic rings. The number of benzene rings is 2. The van der Waals surface area contributed by atoms with E-state index >= 15 is 0 Å². The summed E-state index contributed by atoms with van der Waals surface area (Å²) in [5, 5.41) is 5.72. The Bertz CT molecular complexity index is 812. The lowest BCUT2D eigenvalue weighted by Crippen LogP contribution is -2.32. The van der Waals surface area contributed by atoms with Crippen LogP contribution in [-0.4, -0.2) is 23.3 Å². The molecule has 26 heavy (non-hydrogen) atoms. The van der Waals surface area contributed by atoms with Crippen LogP contribution in [0, 0.1) is 5.82 Å². The van der Waals surface area contributed by atoms with Gasteiger partial charge in [0.1, 0.15) is 5.82 Å². The number of carbonyl (C=O) groups excluding carboxylic acids is 2. The van der Waals surface area contributed by atoms with Gasteiger partial charge in [-0.1, -0.05) is 12.1 Å². The van der Waals surface area contributed by atoms with Crippen molar-refractivity contribution in [1.82, 2.24) is 5.32 Å². The van der Waals surface area contributed by atoms with Crippen LogP contribution in [0.25, 0.3) is 0 Å². The van der Waals surface area contributed by atoms with Crippen LogP contribution in [0.15, 0.2) is 52.3 Å². The average molecular weight is 391 g/mol. The van der Waals surface area contributed by atoms with Crippen molar-refractivity contribution in [3.05, 3.63) is 53.8 Å². The van der Waals surface area contributed by atoms with Crippen LogP contribution in [0.4, 0.5) is 10.1 Å². The van der Waals surface area contributed by atoms with Gasteiger partial charge in [0.05, 0.1) is 11.8 Å². The summed E-state index contributed by atoms with van der Waals surface area (Å²) < 4.78 is 13.9. The largest absolute Gasteiger partial charge is 0.348 e. The molecule has 4 nitrogen and oxygen atoms in total. The molecule has 0 saturated carbocycles. The van der Waals surface area contributed by atoms with Gasteiger partial charge in [0.15, 0.2) is 0 Å². The summed E-state index contributed by atoms with van der Waals surface area (Å²) in [4.78, 5) is 24.9. The van der Waals surface area contributed by atoms with E-state index in [1.807, 2.05) is 18.2 Å². The van der Waals surface area contributed by atoms with Gasteiger partial charge in [-0.2, -0.15) is 0 Å². The lowest BCUT2D eigenvalue weighted by Gasteiger charge is -2.26. The van der Waals surface area contributed by atoms with Crippen LogP contribution >= 0.6 is 23.5 Å². The highest BCUT2D eigenvalue weighted by atomic mass is 32.2. The molecule has 0 saturated heterocycles. The number of hydrogen-bond donors (Lipinski definition) is 2. The van der Waals surface area contributed by atoms with Gasteiger partial charge in [0.2, 0.25) is 11.8 Å². The fraction of sp³-hybridized carbons (Fsp3) is 0.263. The van der Waals surface area contributed by atoms with Gasteiger partial charge in [-0.05, 0) is 42.3 Å². The number of carbonyl (C=O) groups is 2. The predicted octanol–water partition coefficient (Wildman–Crippen LogP) is 4.23. The number of rotatable bonds is 5. The molecule has 0 fully saturated rings. The first-order valence-electron chi connectivity index (χ1n) is 8.24. The third kappa shape index (κ3) is 4.80. The van der Waals surface area contributed by atoms with E-state index in [0.29, 0.717) is 4.90 Å². The Hall–Kier alpha value is -1.99. The molecular weight excluding hydrogens is 371 g/mol. The first kappa shape index (κ1) is 18.8. The maximum atomic E-state index is 13.9. The van der Waals surface area contributed by atoms with E-state index in [1.165, 1.54) is 36.5 Å². The van der Waals surface area contributed by atoms with Gasteiger partial charge in [0.25, 0.3) is 0 Å². The lowest BCUT2D eigenvalue weighted by molar-refractivity contribution is -0.119. The summed E-state index contributed by atoms with van der Waals surface area (Å²) in [6.07, 6.45) is 0.795. The van der Waals surface area contributed by atoms with Gasteiger partial charge < -0.3 is 10.6 Å². The van der Waals surface area contributed by atoms with E-state index < -0.39 is 0 Å². The lowest BCUT2D eigenvalue weighted by atomic mass is 10.0. The molecule has 2 aromatic carbocycles. The summed E-state index contributed by atoms with van der Waals surface area (Å²) in [5.41, 5.74) is 1.59. The van der Waals surface area contributed by atoms with E-state index in [0.717, 1.165) is 28.3 Å². The highest BCUT2D eigenvalue weighted by molar-refractivity contribution is 8.00. The summed E-state index contributed by atoms with van der Waals surface area (Å²) in [7, 11) is 0. The molecule has 7 heteroatoms. The Morgan fingerprint density at radius 1 is 1.23 bits per heavy atom. The second-order valence-electron chi connectivity index (χ2n) is 5.91. The zero-order valence-corrected chi connectivity index (χ0v) is 15.9. The molecule has 0 unspecified atom stereocenters. The highest BCUT2D eigenvalue weighted by Crippen LogP contribution is 2.37. The standard InChI is InChI=1S/C19H19FN2O2S2/c1-12(23)21-13-5-7-14(8-6-13)26-11-18(24)22-17-9-10-25-19-15(17)3-2-4-16(19)20/h2-8,17H,9-11H2,1H3,(H,21,23)(H,22,24)/t17-/m0/s1. The van der Waals surface area contributed by atoms with E-state index in [9.17, 15) is 14.0 Å². The first-order chi connectivity index (χ1) is 12.5. The molecule has 136 valence electrons. The molecule has 1 aliphatic heterocycles. The second-order valence-corrected chi connectivity index (χ2v) is 8.06. The van der Waals surface area contributed by atoms with Crippen molar-refractivity contribution in [3.63, 3.8) is 0 Å². The zero-order chi connectivity index (χ0) is 18.5. The molecule has 0 aromatic heterocycles. The van der Waals surface area contributed by atoms with E-state index in [1.54, 1.807) is 18.2 Å². The molecule has 3 rings (SSSR count). The van der Waals surface area contributed by atoms with Gasteiger partial charge in [-0.25, -0.2) is 4.39 Å². The Balaban J connectivity index is 1.55. The van der Waals surface area contributed by atoms with Crippen molar-refractivity contribution in [1.29, 1.82) is 0 Å². The topological polar surface area (TPSA) is 58.2 Å². The molecule has 2 N–H and O–H groups in total. The number of thioether (sulfide) groups is 2. The average Bonchev–Trinajstić information content (AvgIpc) is 2.62. The molecule has 0 aliphatic carbocycles. The number of anilines is 1. The van der Waals surface area contributed by atoms with E-state index in [-0.39, 0.29) is 29.4 Å². The molecule has 0 bridgehead atoms. The molecule has 2 amide bonds. The highest BCUT2D eigenvalue weighted by Gasteiger charge is 2.24. The fourth-order valence-electron chi connectivity index (χ4n) is 2.76. The number of fused-ring (bicyclic) bond motifs is 1. The second kappa shape index (κ2) is 8.60. The van der Waals surface area contributed by atoms with Crippen molar-refractivity contribution < 1.29 is 14.0 Å². The monoisotopic (exact) mass is 390 g/mol. The number of hydrogen-bond acceptors (Lipinski definition) is 4. The molecule has 0 spiro atoms. The quantitative estimate of drug-likeness (QED) is 0.750. The maximum Gasteiger partial charge on any atom is 0.230 e. The third-order valence-corrected chi connectivity index (χ3v) is 6.08. The van der Waals surface area contributed by atoms with E-state index in [2.05, 4.69) is 10.6 Å². The number of amides is 2. The zero-order valence-electron chi connectivity index (χ0n) is 14.3. The molecule has 1 atom stereocenters. The van der Waals surface area contributed by atoms with Crippen molar-refractivity contribution in [2.24, 2.45) is 0 Å². The first-order valence-corrected chi connectivity index (χ1v) is 10.2. The SMILES string of the molecule is CC(=O)Nc1ccc(SCC(=O)N[C@H]2CCSc3c(F)cccc32)cc1. The van der Waals surface area contributed by atoms with Crippen LogP contribution in [0.3, 0.4) is 0 Å². The van der Waals surface area contributed by atoms with Gasteiger partial charge in [-0.15, -0.1) is 23.5 Å². The number of nitrogens with one attached hydrogen (secondary N) is 2. The van der Waals surface area contributed by atoms with Crippen LogP contribution in [0.2, 0.25) is 0 Å². The van der Waals surface area contributed by atoms with Crippen molar-refractivity contribution in [3.8, 4) is 0 Å². The normalized spacial score (nSPS) is 15.8. The van der Waals surface area contributed by atoms with Crippen molar-refractivity contribution >= 4 is 41.0 Å². The van der Waals surface area contributed by atoms with Crippen LogP contribution in [-0.2, 0) is 9.59 Å². The summed E-state index contributed by atoms with van der Waals surface area (Å²) in [6, 6.07) is 12.2. The minimum atomic E-state index is -0.222.